The lowest BCUT2D eigenvalue weighted by atomic mass is 9.76. The van der Waals surface area contributed by atoms with E-state index in [2.05, 4.69) is 31.2 Å². The molecule has 1 unspecified atom stereocenters. The Morgan fingerprint density at radius 2 is 2.29 bits per heavy atom. The van der Waals surface area contributed by atoms with Gasteiger partial charge in [0.15, 0.2) is 0 Å². The minimum absolute atomic E-state index is 0.313. The van der Waals surface area contributed by atoms with Crippen molar-refractivity contribution in [3.63, 3.8) is 0 Å². The van der Waals surface area contributed by atoms with Gasteiger partial charge in [-0.15, -0.1) is 11.3 Å². The molecule has 2 aromatic rings. The predicted octanol–water partition coefficient (Wildman–Crippen LogP) is 3.56. The second kappa shape index (κ2) is 5.54. The van der Waals surface area contributed by atoms with E-state index in [0.29, 0.717) is 11.5 Å². The minimum atomic E-state index is 0.313. The Hall–Kier alpha value is -1.20. The average molecular weight is 304 g/mol. The van der Waals surface area contributed by atoms with Gasteiger partial charge in [0.05, 0.1) is 5.69 Å². The first-order valence-electron chi connectivity index (χ1n) is 7.71. The number of nitrogens with one attached hydrogen (secondary N) is 1. The Kier molecular flexibility index (Phi) is 3.88. The van der Waals surface area contributed by atoms with Crippen molar-refractivity contribution in [3.8, 4) is 10.7 Å². The van der Waals surface area contributed by atoms with E-state index >= 15 is 0 Å². The van der Waals surface area contributed by atoms with Gasteiger partial charge in [-0.05, 0) is 37.3 Å². The maximum Gasteiger partial charge on any atom is 0.144 e. The third kappa shape index (κ3) is 3.04. The van der Waals surface area contributed by atoms with Crippen molar-refractivity contribution in [2.24, 2.45) is 12.5 Å². The van der Waals surface area contributed by atoms with Crippen molar-refractivity contribution in [2.45, 2.75) is 46.1 Å². The minimum Gasteiger partial charge on any atom is -0.309 e. The van der Waals surface area contributed by atoms with Gasteiger partial charge in [-0.1, -0.05) is 20.8 Å². The predicted molar refractivity (Wildman–Crippen MR) is 87.5 cm³/mol. The van der Waals surface area contributed by atoms with Gasteiger partial charge >= 0.3 is 0 Å². The molecule has 2 aromatic heterocycles. The van der Waals surface area contributed by atoms with Crippen molar-refractivity contribution in [1.82, 2.24) is 20.1 Å². The molecular formula is C16H24N4S. The third-order valence-electron chi connectivity index (χ3n) is 4.02. The highest BCUT2D eigenvalue weighted by Crippen LogP contribution is 2.44. The number of hydrogen-bond donors (Lipinski definition) is 1. The van der Waals surface area contributed by atoms with Gasteiger partial charge in [-0.25, -0.2) is 4.98 Å². The molecule has 3 rings (SSSR count). The molecule has 21 heavy (non-hydrogen) atoms. The Morgan fingerprint density at radius 3 is 2.95 bits per heavy atom. The molecule has 5 heteroatoms. The Bertz CT molecular complexity index is 626. The average Bonchev–Trinajstić information content (AvgIpc) is 3.00. The molecule has 0 radical (unpaired) electrons. The molecule has 1 aliphatic rings. The molecule has 0 amide bonds. The summed E-state index contributed by atoms with van der Waals surface area (Å²) in [5.74, 6) is 0. The van der Waals surface area contributed by atoms with Crippen LogP contribution in [0.4, 0.5) is 0 Å². The van der Waals surface area contributed by atoms with Crippen LogP contribution in [0.5, 0.6) is 0 Å². The first kappa shape index (κ1) is 14.7. The van der Waals surface area contributed by atoms with Crippen LogP contribution in [0.15, 0.2) is 12.3 Å². The number of thiazole rings is 1. The molecule has 0 aromatic carbocycles. The Balaban J connectivity index is 1.94. The maximum atomic E-state index is 4.89. The van der Waals surface area contributed by atoms with Gasteiger partial charge in [-0.3, -0.25) is 4.68 Å². The summed E-state index contributed by atoms with van der Waals surface area (Å²) in [6, 6.07) is 2.49. The molecule has 1 aliphatic carbocycles. The van der Waals surface area contributed by atoms with Crippen LogP contribution in [0.3, 0.4) is 0 Å². The van der Waals surface area contributed by atoms with Gasteiger partial charge in [0.25, 0.3) is 0 Å². The van der Waals surface area contributed by atoms with Crippen LogP contribution in [0.1, 0.15) is 50.2 Å². The molecule has 1 N–H and O–H groups in total. The summed E-state index contributed by atoms with van der Waals surface area (Å²) in [5.41, 5.74) is 2.57. The van der Waals surface area contributed by atoms with E-state index in [1.807, 2.05) is 35.3 Å². The first-order chi connectivity index (χ1) is 9.98. The number of rotatable bonds is 4. The van der Waals surface area contributed by atoms with Gasteiger partial charge in [0, 0.05) is 24.2 Å². The van der Waals surface area contributed by atoms with Gasteiger partial charge in [0.1, 0.15) is 10.7 Å². The van der Waals surface area contributed by atoms with Crippen molar-refractivity contribution in [2.75, 3.05) is 6.54 Å². The topological polar surface area (TPSA) is 42.7 Å². The van der Waals surface area contributed by atoms with Gasteiger partial charge in [-0.2, -0.15) is 5.10 Å². The largest absolute Gasteiger partial charge is 0.309 e. The number of aromatic nitrogens is 3. The van der Waals surface area contributed by atoms with Crippen LogP contribution in [0, 0.1) is 5.41 Å². The zero-order valence-corrected chi connectivity index (χ0v) is 14.1. The number of nitrogens with zero attached hydrogens (tertiary/aromatic N) is 3. The van der Waals surface area contributed by atoms with Gasteiger partial charge in [0.2, 0.25) is 0 Å². The standard InChI is InChI=1S/C16H24N4S/c1-5-7-17-12-9-16(2,3)10-13-14(12)21-15(18-13)11-6-8-20(4)19-11/h6,8,12,17H,5,7,9-10H2,1-4H3. The second-order valence-corrected chi connectivity index (χ2v) is 7.79. The highest BCUT2D eigenvalue weighted by atomic mass is 32.1. The zero-order valence-electron chi connectivity index (χ0n) is 13.3. The van der Waals surface area contributed by atoms with E-state index in [0.717, 1.165) is 30.1 Å². The van der Waals surface area contributed by atoms with Crippen molar-refractivity contribution in [3.05, 3.63) is 22.8 Å². The highest BCUT2D eigenvalue weighted by molar-refractivity contribution is 7.15. The fourth-order valence-electron chi connectivity index (χ4n) is 3.06. The molecule has 0 bridgehead atoms. The number of fused-ring (bicyclic) bond motifs is 1. The molecular weight excluding hydrogens is 280 g/mol. The van der Waals surface area contributed by atoms with E-state index in [4.69, 9.17) is 4.98 Å². The summed E-state index contributed by atoms with van der Waals surface area (Å²) < 4.78 is 1.84. The second-order valence-electron chi connectivity index (χ2n) is 6.76. The summed E-state index contributed by atoms with van der Waals surface area (Å²) in [6.45, 7) is 7.97. The molecule has 0 aliphatic heterocycles. The van der Waals surface area contributed by atoms with E-state index < -0.39 is 0 Å². The maximum absolute atomic E-state index is 4.89. The van der Waals surface area contributed by atoms with Crippen molar-refractivity contribution < 1.29 is 0 Å². The molecule has 1 atom stereocenters. The van der Waals surface area contributed by atoms with Crippen molar-refractivity contribution >= 4 is 11.3 Å². The normalized spacial score (nSPS) is 20.5. The van der Waals surface area contributed by atoms with Crippen LogP contribution in [0.25, 0.3) is 10.7 Å². The van der Waals surface area contributed by atoms with Crippen LogP contribution >= 0.6 is 11.3 Å². The summed E-state index contributed by atoms with van der Waals surface area (Å²) in [6.07, 6.45) is 5.39. The molecule has 0 saturated heterocycles. The number of hydrogen-bond acceptors (Lipinski definition) is 4. The summed E-state index contributed by atoms with van der Waals surface area (Å²) >= 11 is 1.81. The van der Waals surface area contributed by atoms with Crippen molar-refractivity contribution in [1.29, 1.82) is 0 Å². The van der Waals surface area contributed by atoms with E-state index in [1.54, 1.807) is 0 Å². The quantitative estimate of drug-likeness (QED) is 0.939. The summed E-state index contributed by atoms with van der Waals surface area (Å²) in [5, 5.41) is 9.25. The molecule has 2 heterocycles. The third-order valence-corrected chi connectivity index (χ3v) is 5.25. The van der Waals surface area contributed by atoms with E-state index in [1.165, 1.54) is 17.0 Å². The summed E-state index contributed by atoms with van der Waals surface area (Å²) in [4.78, 5) is 6.31. The van der Waals surface area contributed by atoms with Crippen LogP contribution in [0.2, 0.25) is 0 Å². The Labute approximate surface area is 130 Å². The lowest BCUT2D eigenvalue weighted by Gasteiger charge is -2.34. The van der Waals surface area contributed by atoms with Crippen LogP contribution in [-0.4, -0.2) is 21.3 Å². The monoisotopic (exact) mass is 304 g/mol. The molecule has 0 saturated carbocycles. The molecule has 0 spiro atoms. The van der Waals surface area contributed by atoms with Crippen LogP contribution in [-0.2, 0) is 13.5 Å². The SMILES string of the molecule is CCCNC1CC(C)(C)Cc2nc(-c3ccn(C)n3)sc21. The van der Waals surface area contributed by atoms with Crippen LogP contribution < -0.4 is 5.32 Å². The Morgan fingerprint density at radius 1 is 1.48 bits per heavy atom. The number of aryl methyl sites for hydroxylation is 1. The molecule has 0 fully saturated rings. The highest BCUT2D eigenvalue weighted by Gasteiger charge is 2.35. The lowest BCUT2D eigenvalue weighted by molar-refractivity contribution is 0.258. The van der Waals surface area contributed by atoms with E-state index in [9.17, 15) is 0 Å². The smallest absolute Gasteiger partial charge is 0.144 e. The van der Waals surface area contributed by atoms with E-state index in [-0.39, 0.29) is 0 Å². The van der Waals surface area contributed by atoms with Gasteiger partial charge < -0.3 is 5.32 Å². The summed E-state index contributed by atoms with van der Waals surface area (Å²) in [7, 11) is 1.95. The zero-order chi connectivity index (χ0) is 15.0. The fraction of sp³-hybridized carbons (Fsp3) is 0.625. The molecule has 114 valence electrons. The molecule has 4 nitrogen and oxygen atoms in total. The fourth-order valence-corrected chi connectivity index (χ4v) is 4.18. The lowest BCUT2D eigenvalue weighted by Crippen LogP contribution is -2.33. The first-order valence-corrected chi connectivity index (χ1v) is 8.53.